The van der Waals surface area contributed by atoms with Gasteiger partial charge in [-0.1, -0.05) is 23.2 Å². The highest BCUT2D eigenvalue weighted by Gasteiger charge is 2.32. The van der Waals surface area contributed by atoms with E-state index < -0.39 is 22.3 Å². The van der Waals surface area contributed by atoms with Gasteiger partial charge < -0.3 is 4.74 Å². The number of alkyl halides is 3. The van der Waals surface area contributed by atoms with Crippen molar-refractivity contribution >= 4 is 23.2 Å². The van der Waals surface area contributed by atoms with Crippen LogP contribution in [0, 0.1) is 11.3 Å². The van der Waals surface area contributed by atoms with E-state index >= 15 is 0 Å². The second-order valence-electron chi connectivity index (χ2n) is 2.27. The molecule has 0 radical (unpaired) electrons. The molecule has 0 bridgehead atoms. The van der Waals surface area contributed by atoms with Crippen molar-refractivity contribution in [2.75, 3.05) is 0 Å². The number of nitriles is 1. The van der Waals surface area contributed by atoms with E-state index in [-0.39, 0.29) is 5.69 Å². The summed E-state index contributed by atoms with van der Waals surface area (Å²) in [6.07, 6.45) is -4.90. The molecular weight excluding hydrogens is 256 g/mol. The SMILES string of the molecule is N#Cc1cc(OC(F)(F)F)c(Cl)c(Cl)n1. The van der Waals surface area contributed by atoms with E-state index in [1.165, 1.54) is 6.07 Å². The Morgan fingerprint density at radius 1 is 1.40 bits per heavy atom. The van der Waals surface area contributed by atoms with Gasteiger partial charge in [-0.05, 0) is 0 Å². The number of pyridine rings is 1. The molecule has 0 unspecified atom stereocenters. The van der Waals surface area contributed by atoms with Gasteiger partial charge in [-0.25, -0.2) is 4.98 Å². The van der Waals surface area contributed by atoms with Crippen molar-refractivity contribution < 1.29 is 17.9 Å². The predicted molar refractivity (Wildman–Crippen MR) is 45.7 cm³/mol. The van der Waals surface area contributed by atoms with E-state index in [0.29, 0.717) is 0 Å². The van der Waals surface area contributed by atoms with Crippen molar-refractivity contribution in [2.45, 2.75) is 6.36 Å². The molecule has 0 saturated heterocycles. The van der Waals surface area contributed by atoms with Crippen LogP contribution >= 0.6 is 23.2 Å². The molecule has 1 aromatic rings. The third-order valence-electron chi connectivity index (χ3n) is 1.22. The maximum Gasteiger partial charge on any atom is 0.573 e. The minimum Gasteiger partial charge on any atom is -0.404 e. The zero-order chi connectivity index (χ0) is 11.6. The second-order valence-corrected chi connectivity index (χ2v) is 3.01. The predicted octanol–water partition coefficient (Wildman–Crippen LogP) is 3.16. The summed E-state index contributed by atoms with van der Waals surface area (Å²) in [7, 11) is 0. The van der Waals surface area contributed by atoms with Crippen LogP contribution in [0.1, 0.15) is 5.69 Å². The first-order valence-corrected chi connectivity index (χ1v) is 4.11. The number of halogens is 5. The van der Waals surface area contributed by atoms with E-state index in [2.05, 4.69) is 9.72 Å². The van der Waals surface area contributed by atoms with E-state index in [1.54, 1.807) is 0 Å². The van der Waals surface area contributed by atoms with Crippen molar-refractivity contribution in [2.24, 2.45) is 0 Å². The number of rotatable bonds is 1. The summed E-state index contributed by atoms with van der Waals surface area (Å²) < 4.78 is 39.1. The standard InChI is InChI=1S/C7HCl2F3N2O/c8-5-4(15-7(10,11)12)1-3(2-13)14-6(5)9/h1H. The van der Waals surface area contributed by atoms with Crippen LogP contribution in [0.4, 0.5) is 13.2 Å². The molecule has 0 aromatic carbocycles. The molecule has 3 nitrogen and oxygen atoms in total. The third-order valence-corrected chi connectivity index (χ3v) is 1.96. The van der Waals surface area contributed by atoms with Gasteiger partial charge in [0.05, 0.1) is 0 Å². The molecule has 1 aromatic heterocycles. The summed E-state index contributed by atoms with van der Waals surface area (Å²) >= 11 is 10.8. The molecule has 0 spiro atoms. The minimum absolute atomic E-state index is 0.316. The van der Waals surface area contributed by atoms with Gasteiger partial charge >= 0.3 is 6.36 Å². The maximum absolute atomic E-state index is 11.9. The monoisotopic (exact) mass is 256 g/mol. The van der Waals surface area contributed by atoms with Gasteiger partial charge in [0.15, 0.2) is 10.9 Å². The molecule has 0 aliphatic heterocycles. The molecule has 0 saturated carbocycles. The summed E-state index contributed by atoms with van der Waals surface area (Å²) in [5.74, 6) is -0.749. The quantitative estimate of drug-likeness (QED) is 0.726. The van der Waals surface area contributed by atoms with Crippen molar-refractivity contribution in [1.29, 1.82) is 5.26 Å². The summed E-state index contributed by atoms with van der Waals surface area (Å²) in [6.45, 7) is 0. The van der Waals surface area contributed by atoms with Gasteiger partial charge in [0.1, 0.15) is 16.8 Å². The van der Waals surface area contributed by atoms with Gasteiger partial charge in [-0.2, -0.15) is 5.26 Å². The third kappa shape index (κ3) is 3.15. The van der Waals surface area contributed by atoms with E-state index in [4.69, 9.17) is 28.5 Å². The van der Waals surface area contributed by atoms with E-state index in [9.17, 15) is 13.2 Å². The lowest BCUT2D eigenvalue weighted by Crippen LogP contribution is -2.17. The van der Waals surface area contributed by atoms with Crippen LogP contribution < -0.4 is 4.74 Å². The van der Waals surface area contributed by atoms with Crippen LogP contribution in [0.3, 0.4) is 0 Å². The highest BCUT2D eigenvalue weighted by Crippen LogP contribution is 2.34. The Kier molecular flexibility index (Phi) is 3.27. The van der Waals surface area contributed by atoms with Gasteiger partial charge in [0.2, 0.25) is 0 Å². The van der Waals surface area contributed by atoms with Gasteiger partial charge in [0.25, 0.3) is 0 Å². The molecule has 0 aliphatic rings. The number of hydrogen-bond acceptors (Lipinski definition) is 3. The topological polar surface area (TPSA) is 45.9 Å². The van der Waals surface area contributed by atoms with Gasteiger partial charge in [-0.3, -0.25) is 0 Å². The molecule has 0 fully saturated rings. The fraction of sp³-hybridized carbons (Fsp3) is 0.143. The lowest BCUT2D eigenvalue weighted by atomic mass is 10.3. The maximum atomic E-state index is 11.9. The van der Waals surface area contributed by atoms with Crippen LogP contribution in [0.25, 0.3) is 0 Å². The molecule has 1 heterocycles. The summed E-state index contributed by atoms with van der Waals surface area (Å²) in [5.41, 5.74) is -0.316. The molecule has 0 amide bonds. The smallest absolute Gasteiger partial charge is 0.404 e. The van der Waals surface area contributed by atoms with Crippen molar-refractivity contribution in [3.8, 4) is 11.8 Å². The molecule has 1 rings (SSSR count). The van der Waals surface area contributed by atoms with Crippen LogP contribution in [0.5, 0.6) is 5.75 Å². The molecule has 15 heavy (non-hydrogen) atoms. The van der Waals surface area contributed by atoms with Crippen LogP contribution in [-0.2, 0) is 0 Å². The van der Waals surface area contributed by atoms with Crippen molar-refractivity contribution in [3.05, 3.63) is 21.9 Å². The first-order chi connectivity index (χ1) is 6.83. The Morgan fingerprint density at radius 3 is 2.47 bits per heavy atom. The van der Waals surface area contributed by atoms with Crippen molar-refractivity contribution in [1.82, 2.24) is 4.98 Å². The Balaban J connectivity index is 3.18. The summed E-state index contributed by atoms with van der Waals surface area (Å²) in [6, 6.07) is 2.27. The average molecular weight is 257 g/mol. The fourth-order valence-electron chi connectivity index (χ4n) is 0.733. The molecular formula is C7HCl2F3N2O. The summed E-state index contributed by atoms with van der Waals surface area (Å²) in [4.78, 5) is 3.41. The normalized spacial score (nSPS) is 10.9. The molecule has 80 valence electrons. The van der Waals surface area contributed by atoms with E-state index in [1.807, 2.05) is 0 Å². The minimum atomic E-state index is -4.90. The zero-order valence-corrected chi connectivity index (χ0v) is 8.28. The molecule has 0 N–H and O–H groups in total. The lowest BCUT2D eigenvalue weighted by molar-refractivity contribution is -0.274. The Bertz CT molecular complexity index is 427. The van der Waals surface area contributed by atoms with Gasteiger partial charge in [0, 0.05) is 6.07 Å². The van der Waals surface area contributed by atoms with Crippen LogP contribution in [0.15, 0.2) is 6.07 Å². The Hall–Kier alpha value is -1.19. The highest BCUT2D eigenvalue weighted by atomic mass is 35.5. The average Bonchev–Trinajstić information content (AvgIpc) is 2.10. The number of nitrogens with zero attached hydrogens (tertiary/aromatic N) is 2. The zero-order valence-electron chi connectivity index (χ0n) is 6.77. The van der Waals surface area contributed by atoms with Gasteiger partial charge in [-0.15, -0.1) is 13.2 Å². The highest BCUT2D eigenvalue weighted by molar-refractivity contribution is 6.42. The first-order valence-electron chi connectivity index (χ1n) is 3.35. The Morgan fingerprint density at radius 2 is 2.00 bits per heavy atom. The fourth-order valence-corrected chi connectivity index (χ4v) is 1.05. The summed E-state index contributed by atoms with van der Waals surface area (Å²) in [5, 5.41) is 7.51. The van der Waals surface area contributed by atoms with Crippen LogP contribution in [-0.4, -0.2) is 11.3 Å². The molecule has 0 aliphatic carbocycles. The Labute approximate surface area is 92.0 Å². The lowest BCUT2D eigenvalue weighted by Gasteiger charge is -2.10. The number of ether oxygens (including phenoxy) is 1. The van der Waals surface area contributed by atoms with Crippen LogP contribution in [0.2, 0.25) is 10.2 Å². The molecule has 8 heteroatoms. The van der Waals surface area contributed by atoms with E-state index in [0.717, 1.165) is 6.07 Å². The first kappa shape index (κ1) is 11.9. The second kappa shape index (κ2) is 4.13. The number of hydrogen-bond donors (Lipinski definition) is 0. The number of aromatic nitrogens is 1. The molecule has 0 atom stereocenters. The largest absolute Gasteiger partial charge is 0.573 e. The van der Waals surface area contributed by atoms with Crippen molar-refractivity contribution in [3.63, 3.8) is 0 Å².